The average Bonchev–Trinajstić information content (AvgIpc) is 2.67. The van der Waals surface area contributed by atoms with Crippen molar-refractivity contribution in [2.45, 2.75) is 13.8 Å². The van der Waals surface area contributed by atoms with Gasteiger partial charge in [0.2, 0.25) is 0 Å². The number of carbonyl (C=O) groups is 1. The number of anilines is 1. The Balaban J connectivity index is 1.94. The van der Waals surface area contributed by atoms with Gasteiger partial charge in [0.05, 0.1) is 11.4 Å². The number of amides is 1. The Bertz CT molecular complexity index is 1010. The fourth-order valence-electron chi connectivity index (χ4n) is 2.64. The summed E-state index contributed by atoms with van der Waals surface area (Å²) in [5, 5.41) is 12.4. The molecule has 7 nitrogen and oxygen atoms in total. The van der Waals surface area contributed by atoms with Gasteiger partial charge in [-0.25, -0.2) is 4.68 Å². The molecule has 0 saturated carbocycles. The Kier molecular flexibility index (Phi) is 4.62. The molecule has 132 valence electrons. The fraction of sp³-hybridized carbons (Fsp3) is 0.211. The summed E-state index contributed by atoms with van der Waals surface area (Å²) < 4.78 is 1.17. The predicted octanol–water partition coefficient (Wildman–Crippen LogP) is 2.13. The van der Waals surface area contributed by atoms with Crippen LogP contribution in [0.15, 0.2) is 47.3 Å². The highest BCUT2D eigenvalue weighted by Crippen LogP contribution is 2.19. The molecule has 0 aliphatic rings. The minimum Gasteiger partial charge on any atom is -0.294 e. The zero-order valence-electron chi connectivity index (χ0n) is 15.1. The first-order chi connectivity index (χ1) is 12.4. The minimum atomic E-state index is -0.435. The van der Waals surface area contributed by atoms with Crippen molar-refractivity contribution in [3.63, 3.8) is 0 Å². The maximum absolute atomic E-state index is 12.9. The highest BCUT2D eigenvalue weighted by atomic mass is 16.2. The monoisotopic (exact) mass is 349 g/mol. The number of carbonyl (C=O) groups excluding carboxylic acids is 1. The van der Waals surface area contributed by atoms with Gasteiger partial charge >= 0.3 is 0 Å². The lowest BCUT2D eigenvalue weighted by molar-refractivity contribution is 0.0989. The Hall–Kier alpha value is -3.35. The van der Waals surface area contributed by atoms with E-state index in [1.165, 1.54) is 16.6 Å². The van der Waals surface area contributed by atoms with Crippen molar-refractivity contribution in [1.29, 1.82) is 0 Å². The molecular formula is C19H19N5O2. The molecule has 0 N–H and O–H groups in total. The van der Waals surface area contributed by atoms with Gasteiger partial charge in [-0.2, -0.15) is 5.10 Å². The van der Waals surface area contributed by atoms with Crippen LogP contribution < -0.4 is 10.5 Å². The summed E-state index contributed by atoms with van der Waals surface area (Å²) in [4.78, 5) is 26.6. The molecule has 1 aromatic carbocycles. The molecule has 7 heteroatoms. The molecule has 26 heavy (non-hydrogen) atoms. The SMILES string of the molecule is Cc1nn(C)c(=O)c(C(=O)N(C)c2ccc(-c3ccccc3)nn2)c1C. The summed E-state index contributed by atoms with van der Waals surface area (Å²) in [6.45, 7) is 3.48. The smallest absolute Gasteiger partial charge is 0.279 e. The lowest BCUT2D eigenvalue weighted by atomic mass is 10.1. The lowest BCUT2D eigenvalue weighted by Crippen LogP contribution is -2.36. The molecule has 0 atom stereocenters. The minimum absolute atomic E-state index is 0.0939. The number of nitrogens with zero attached hydrogens (tertiary/aromatic N) is 5. The van der Waals surface area contributed by atoms with Crippen molar-refractivity contribution in [2.24, 2.45) is 7.05 Å². The van der Waals surface area contributed by atoms with Gasteiger partial charge < -0.3 is 0 Å². The third kappa shape index (κ3) is 3.11. The van der Waals surface area contributed by atoms with Gasteiger partial charge in [0.15, 0.2) is 5.82 Å². The van der Waals surface area contributed by atoms with Gasteiger partial charge in [-0.15, -0.1) is 10.2 Å². The van der Waals surface area contributed by atoms with Crippen LogP contribution >= 0.6 is 0 Å². The van der Waals surface area contributed by atoms with Crippen molar-refractivity contribution in [1.82, 2.24) is 20.0 Å². The Morgan fingerprint density at radius 2 is 1.73 bits per heavy atom. The van der Waals surface area contributed by atoms with Crippen molar-refractivity contribution in [2.75, 3.05) is 11.9 Å². The van der Waals surface area contributed by atoms with Crippen LogP contribution in [0.2, 0.25) is 0 Å². The van der Waals surface area contributed by atoms with Crippen LogP contribution in [0.4, 0.5) is 5.82 Å². The number of aryl methyl sites for hydroxylation is 2. The standard InChI is InChI=1S/C19H19N5O2/c1-12-13(2)22-24(4)19(26)17(12)18(25)23(3)16-11-10-15(20-21-16)14-8-6-5-7-9-14/h5-11H,1-4H3. The molecule has 0 bridgehead atoms. The summed E-state index contributed by atoms with van der Waals surface area (Å²) in [5.41, 5.74) is 2.51. The van der Waals surface area contributed by atoms with Gasteiger partial charge in [0.25, 0.3) is 11.5 Å². The zero-order chi connectivity index (χ0) is 18.8. The van der Waals surface area contributed by atoms with E-state index in [0.717, 1.165) is 5.56 Å². The maximum Gasteiger partial charge on any atom is 0.279 e. The third-order valence-corrected chi connectivity index (χ3v) is 4.31. The Labute approximate surface area is 150 Å². The molecule has 0 aliphatic carbocycles. The normalized spacial score (nSPS) is 10.6. The van der Waals surface area contributed by atoms with Crippen molar-refractivity contribution < 1.29 is 4.79 Å². The fourth-order valence-corrected chi connectivity index (χ4v) is 2.64. The van der Waals surface area contributed by atoms with E-state index in [-0.39, 0.29) is 5.56 Å². The number of rotatable bonds is 3. The van der Waals surface area contributed by atoms with Crippen LogP contribution in [0.1, 0.15) is 21.6 Å². The summed E-state index contributed by atoms with van der Waals surface area (Å²) in [7, 11) is 3.10. The van der Waals surface area contributed by atoms with Crippen LogP contribution in [-0.4, -0.2) is 32.9 Å². The van der Waals surface area contributed by atoms with E-state index in [0.29, 0.717) is 22.8 Å². The average molecular weight is 349 g/mol. The van der Waals surface area contributed by atoms with Gasteiger partial charge in [0.1, 0.15) is 5.56 Å². The predicted molar refractivity (Wildman–Crippen MR) is 99.2 cm³/mol. The van der Waals surface area contributed by atoms with E-state index in [1.54, 1.807) is 33.0 Å². The van der Waals surface area contributed by atoms with Crippen LogP contribution in [0, 0.1) is 13.8 Å². The molecule has 1 amide bonds. The first kappa shape index (κ1) is 17.5. The molecule has 0 unspecified atom stereocenters. The highest BCUT2D eigenvalue weighted by Gasteiger charge is 2.23. The first-order valence-corrected chi connectivity index (χ1v) is 8.12. The van der Waals surface area contributed by atoms with E-state index < -0.39 is 11.5 Å². The topological polar surface area (TPSA) is 81.0 Å². The van der Waals surface area contributed by atoms with E-state index in [1.807, 2.05) is 30.3 Å². The van der Waals surface area contributed by atoms with Gasteiger partial charge in [-0.05, 0) is 31.5 Å². The van der Waals surface area contributed by atoms with Crippen molar-refractivity contribution in [3.05, 3.63) is 69.6 Å². The highest BCUT2D eigenvalue weighted by molar-refractivity contribution is 6.06. The van der Waals surface area contributed by atoms with Gasteiger partial charge in [-0.3, -0.25) is 14.5 Å². The van der Waals surface area contributed by atoms with Gasteiger partial charge in [-0.1, -0.05) is 30.3 Å². The first-order valence-electron chi connectivity index (χ1n) is 8.12. The molecule has 2 aromatic heterocycles. The summed E-state index contributed by atoms with van der Waals surface area (Å²) in [6.07, 6.45) is 0. The molecule has 2 heterocycles. The van der Waals surface area contributed by atoms with E-state index in [2.05, 4.69) is 15.3 Å². The molecule has 3 aromatic rings. The molecule has 0 saturated heterocycles. The van der Waals surface area contributed by atoms with Crippen LogP contribution in [0.3, 0.4) is 0 Å². The number of benzene rings is 1. The zero-order valence-corrected chi connectivity index (χ0v) is 15.1. The Morgan fingerprint density at radius 3 is 2.35 bits per heavy atom. The molecule has 3 rings (SSSR count). The van der Waals surface area contributed by atoms with E-state index in [9.17, 15) is 9.59 Å². The maximum atomic E-state index is 12.9. The number of aromatic nitrogens is 4. The Morgan fingerprint density at radius 1 is 1.04 bits per heavy atom. The second-order valence-electron chi connectivity index (χ2n) is 6.02. The second-order valence-corrected chi connectivity index (χ2v) is 6.02. The summed E-state index contributed by atoms with van der Waals surface area (Å²) in [5.74, 6) is -0.0686. The second kappa shape index (κ2) is 6.87. The third-order valence-electron chi connectivity index (χ3n) is 4.31. The molecule has 0 aliphatic heterocycles. The van der Waals surface area contributed by atoms with Crippen LogP contribution in [0.25, 0.3) is 11.3 Å². The summed E-state index contributed by atoms with van der Waals surface area (Å²) >= 11 is 0. The quantitative estimate of drug-likeness (QED) is 0.723. The molecule has 0 radical (unpaired) electrons. The van der Waals surface area contributed by atoms with E-state index >= 15 is 0 Å². The molecule has 0 spiro atoms. The summed E-state index contributed by atoms with van der Waals surface area (Å²) in [6, 6.07) is 13.1. The van der Waals surface area contributed by atoms with Gasteiger partial charge in [0, 0.05) is 19.7 Å². The molecule has 0 fully saturated rings. The van der Waals surface area contributed by atoms with Crippen LogP contribution in [0.5, 0.6) is 0 Å². The lowest BCUT2D eigenvalue weighted by Gasteiger charge is -2.17. The number of hydrogen-bond acceptors (Lipinski definition) is 5. The number of hydrogen-bond donors (Lipinski definition) is 0. The van der Waals surface area contributed by atoms with E-state index in [4.69, 9.17) is 0 Å². The van der Waals surface area contributed by atoms with Crippen molar-refractivity contribution in [3.8, 4) is 11.3 Å². The largest absolute Gasteiger partial charge is 0.294 e. The van der Waals surface area contributed by atoms with Crippen molar-refractivity contribution >= 4 is 11.7 Å². The van der Waals surface area contributed by atoms with Crippen LogP contribution in [-0.2, 0) is 7.05 Å². The molecular weight excluding hydrogens is 330 g/mol.